The maximum absolute atomic E-state index is 13.6. The van der Waals surface area contributed by atoms with Gasteiger partial charge in [-0.3, -0.25) is 0 Å². The van der Waals surface area contributed by atoms with Gasteiger partial charge in [0.1, 0.15) is 5.94 Å². The van der Waals surface area contributed by atoms with Crippen molar-refractivity contribution in [2.75, 3.05) is 0 Å². The zero-order valence-electron chi connectivity index (χ0n) is 11.2. The van der Waals surface area contributed by atoms with E-state index in [1.165, 1.54) is 0 Å². The van der Waals surface area contributed by atoms with Crippen molar-refractivity contribution in [3.8, 4) is 0 Å². The first-order valence-corrected chi connectivity index (χ1v) is 5.84. The predicted molar refractivity (Wildman–Crippen MR) is 60.7 cm³/mol. The monoisotopic (exact) mass is 374 g/mol. The molecule has 0 heterocycles. The maximum Gasteiger partial charge on any atom is 0.200 e. The first kappa shape index (κ1) is 18.5. The van der Waals surface area contributed by atoms with Gasteiger partial charge in [-0.2, -0.15) is 0 Å². The molecule has 0 unspecified atom stereocenters. The summed E-state index contributed by atoms with van der Waals surface area (Å²) in [6.07, 6.45) is 0. The van der Waals surface area contributed by atoms with E-state index in [-0.39, 0.29) is 0 Å². The Morgan fingerprint density at radius 3 is 0.840 bits per heavy atom. The topological polar surface area (TPSA) is 17.1 Å². The fourth-order valence-electron chi connectivity index (χ4n) is 1.88. The van der Waals surface area contributed by atoms with Crippen molar-refractivity contribution in [2.24, 2.45) is 0 Å². The minimum atomic E-state index is -2.69. The third-order valence-electron chi connectivity index (χ3n) is 3.02. The van der Waals surface area contributed by atoms with Crippen LogP contribution >= 0.6 is 0 Å². The van der Waals surface area contributed by atoms with Gasteiger partial charge in [-0.05, 0) is 0 Å². The van der Waals surface area contributed by atoms with E-state index in [1.807, 2.05) is 0 Å². The van der Waals surface area contributed by atoms with Crippen LogP contribution in [0.25, 0.3) is 5.57 Å². The third-order valence-corrected chi connectivity index (χ3v) is 3.02. The predicted octanol–water partition coefficient (Wildman–Crippen LogP) is 4.34. The van der Waals surface area contributed by atoms with Crippen LogP contribution in [0.5, 0.6) is 0 Å². The lowest BCUT2D eigenvalue weighted by Gasteiger charge is -2.12. The summed E-state index contributed by atoms with van der Waals surface area (Å²) < 4.78 is 133. The van der Waals surface area contributed by atoms with E-state index in [0.717, 1.165) is 0 Å². The molecule has 0 saturated carbocycles. The van der Waals surface area contributed by atoms with Crippen molar-refractivity contribution in [3.05, 3.63) is 69.3 Å². The van der Waals surface area contributed by atoms with E-state index in [0.29, 0.717) is 5.94 Å². The van der Waals surface area contributed by atoms with Gasteiger partial charge in [0.25, 0.3) is 0 Å². The molecule has 0 fully saturated rings. The molecule has 0 aliphatic rings. The standard InChI is InChI=1S/C14F10O/c15-5-3(6(16)10(20)13(23)9(5)19)2(1-25)4-7(17)11(21)14(24)12(22)8(4)18. The Balaban J connectivity index is 2.98. The first-order chi connectivity index (χ1) is 11.6. The molecule has 2 aromatic carbocycles. The average molecular weight is 374 g/mol. The molecular weight excluding hydrogens is 374 g/mol. The summed E-state index contributed by atoms with van der Waals surface area (Å²) in [5, 5.41) is 0. The van der Waals surface area contributed by atoms with Crippen molar-refractivity contribution in [3.63, 3.8) is 0 Å². The molecule has 11 heteroatoms. The van der Waals surface area contributed by atoms with Crippen LogP contribution in [-0.2, 0) is 4.79 Å². The van der Waals surface area contributed by atoms with E-state index in [9.17, 15) is 48.7 Å². The van der Waals surface area contributed by atoms with Gasteiger partial charge in [-0.1, -0.05) is 0 Å². The molecule has 2 rings (SSSR count). The lowest BCUT2D eigenvalue weighted by molar-refractivity contribution is 0.372. The number of carbonyl (C=O) groups excluding carboxylic acids is 1. The van der Waals surface area contributed by atoms with Gasteiger partial charge < -0.3 is 0 Å². The van der Waals surface area contributed by atoms with E-state index in [2.05, 4.69) is 0 Å². The smallest absolute Gasteiger partial charge is 0.200 e. The Bertz CT molecular complexity index is 830. The number of rotatable bonds is 2. The fourth-order valence-corrected chi connectivity index (χ4v) is 1.88. The number of halogens is 10. The Morgan fingerprint density at radius 1 is 0.440 bits per heavy atom. The van der Waals surface area contributed by atoms with Crippen LogP contribution in [-0.4, -0.2) is 5.94 Å². The Labute approximate surface area is 130 Å². The van der Waals surface area contributed by atoms with Crippen molar-refractivity contribution < 1.29 is 48.7 Å². The molecule has 0 bridgehead atoms. The average Bonchev–Trinajstić information content (AvgIpc) is 2.60. The molecule has 0 aromatic heterocycles. The summed E-state index contributed by atoms with van der Waals surface area (Å²) in [5.41, 5.74) is -6.48. The zero-order chi connectivity index (χ0) is 19.2. The molecular formula is C14F10O. The Hall–Kier alpha value is -2.81. The second-order valence-electron chi connectivity index (χ2n) is 4.37. The van der Waals surface area contributed by atoms with Gasteiger partial charge >= 0.3 is 0 Å². The van der Waals surface area contributed by atoms with Gasteiger partial charge in [0.15, 0.2) is 46.5 Å². The van der Waals surface area contributed by atoms with Gasteiger partial charge in [0.2, 0.25) is 11.6 Å². The summed E-state index contributed by atoms with van der Waals surface area (Å²) in [7, 11) is 0. The van der Waals surface area contributed by atoms with Crippen LogP contribution < -0.4 is 0 Å². The van der Waals surface area contributed by atoms with E-state index in [1.54, 1.807) is 0 Å². The highest BCUT2D eigenvalue weighted by molar-refractivity contribution is 5.97. The molecule has 0 radical (unpaired) electrons. The van der Waals surface area contributed by atoms with Gasteiger partial charge in [-0.15, -0.1) is 0 Å². The summed E-state index contributed by atoms with van der Waals surface area (Å²) in [4.78, 5) is 10.8. The van der Waals surface area contributed by atoms with Crippen LogP contribution in [0.1, 0.15) is 11.1 Å². The SMILES string of the molecule is O=C=C(c1c(F)c(F)c(F)c(F)c1F)c1c(F)c(F)c(F)c(F)c1F. The summed E-state index contributed by atoms with van der Waals surface area (Å²) in [6.45, 7) is 0. The maximum atomic E-state index is 13.6. The fraction of sp³-hybridized carbons (Fsp3) is 0. The van der Waals surface area contributed by atoms with Crippen LogP contribution in [0.15, 0.2) is 0 Å². The second kappa shape index (κ2) is 6.25. The summed E-state index contributed by atoms with van der Waals surface area (Å²) >= 11 is 0. The minimum Gasteiger partial charge on any atom is -0.233 e. The molecule has 0 N–H and O–H groups in total. The van der Waals surface area contributed by atoms with E-state index < -0.39 is 74.9 Å². The molecule has 0 saturated heterocycles. The number of benzene rings is 2. The molecule has 0 spiro atoms. The highest BCUT2D eigenvalue weighted by Crippen LogP contribution is 2.35. The normalized spacial score (nSPS) is 10.8. The van der Waals surface area contributed by atoms with Crippen molar-refractivity contribution in [2.45, 2.75) is 0 Å². The first-order valence-electron chi connectivity index (χ1n) is 5.84. The number of hydrogen-bond acceptors (Lipinski definition) is 1. The van der Waals surface area contributed by atoms with Crippen LogP contribution in [0, 0.1) is 58.2 Å². The summed E-state index contributed by atoms with van der Waals surface area (Å²) in [6, 6.07) is 0. The molecule has 0 atom stereocenters. The zero-order valence-corrected chi connectivity index (χ0v) is 11.2. The van der Waals surface area contributed by atoms with Gasteiger partial charge in [0, 0.05) is 0 Å². The van der Waals surface area contributed by atoms with Crippen LogP contribution in [0.2, 0.25) is 0 Å². The lowest BCUT2D eigenvalue weighted by Crippen LogP contribution is -2.12. The molecule has 0 aliphatic carbocycles. The van der Waals surface area contributed by atoms with Crippen molar-refractivity contribution in [1.82, 2.24) is 0 Å². The highest BCUT2D eigenvalue weighted by Gasteiger charge is 2.34. The van der Waals surface area contributed by atoms with Gasteiger partial charge in [0.05, 0.1) is 16.7 Å². The molecule has 25 heavy (non-hydrogen) atoms. The minimum absolute atomic E-state index is 0.441. The molecule has 2 aromatic rings. The van der Waals surface area contributed by atoms with Gasteiger partial charge in [-0.25, -0.2) is 48.7 Å². The third kappa shape index (κ3) is 2.56. The Kier molecular flexibility index (Phi) is 4.63. The molecule has 0 amide bonds. The Morgan fingerprint density at radius 2 is 0.640 bits per heavy atom. The second-order valence-corrected chi connectivity index (χ2v) is 4.37. The molecule has 0 aliphatic heterocycles. The summed E-state index contributed by atoms with van der Waals surface area (Å²) in [5.74, 6) is -26.2. The van der Waals surface area contributed by atoms with E-state index in [4.69, 9.17) is 0 Å². The van der Waals surface area contributed by atoms with Crippen LogP contribution in [0.3, 0.4) is 0 Å². The quantitative estimate of drug-likeness (QED) is 0.331. The largest absolute Gasteiger partial charge is 0.233 e. The van der Waals surface area contributed by atoms with E-state index >= 15 is 0 Å². The van der Waals surface area contributed by atoms with Crippen molar-refractivity contribution >= 4 is 11.5 Å². The van der Waals surface area contributed by atoms with Crippen molar-refractivity contribution in [1.29, 1.82) is 0 Å². The number of hydrogen-bond donors (Lipinski definition) is 0. The highest BCUT2D eigenvalue weighted by atomic mass is 19.2. The molecule has 1 nitrogen and oxygen atoms in total. The lowest BCUT2D eigenvalue weighted by atomic mass is 9.96. The van der Waals surface area contributed by atoms with Crippen LogP contribution in [0.4, 0.5) is 43.9 Å². The molecule has 132 valence electrons.